The number of urea groups is 1. The molecule has 0 aliphatic carbocycles. The van der Waals surface area contributed by atoms with Gasteiger partial charge in [0.2, 0.25) is 11.8 Å². The predicted molar refractivity (Wildman–Crippen MR) is 204 cm³/mol. The normalized spacial score (nSPS) is 31.0. The van der Waals surface area contributed by atoms with Crippen LogP contribution in [0, 0.1) is 0 Å². The van der Waals surface area contributed by atoms with Gasteiger partial charge in [-0.1, -0.05) is 12.8 Å². The number of phosphoric ester groups is 1. The minimum absolute atomic E-state index is 0.0581. The average molecular weight is 901 g/mol. The first kappa shape index (κ1) is 46.9. The summed E-state index contributed by atoms with van der Waals surface area (Å²) in [5, 5.41) is 51.9. The van der Waals surface area contributed by atoms with Gasteiger partial charge in [0.05, 0.1) is 18.7 Å². The summed E-state index contributed by atoms with van der Waals surface area (Å²) in [4.78, 5) is 76.7. The van der Waals surface area contributed by atoms with Crippen molar-refractivity contribution in [2.45, 2.75) is 112 Å². The third kappa shape index (κ3) is 13.4. The van der Waals surface area contributed by atoms with Crippen LogP contribution in [0.25, 0.3) is 0 Å². The molecule has 1 aromatic rings. The number of carbonyl (C=O) groups excluding carboxylic acids is 3. The molecule has 0 spiro atoms. The monoisotopic (exact) mass is 900 g/mol. The van der Waals surface area contributed by atoms with Crippen LogP contribution in [0.1, 0.15) is 57.6 Å². The first-order valence-corrected chi connectivity index (χ1v) is 23.3. The van der Waals surface area contributed by atoms with Crippen molar-refractivity contribution >= 4 is 45.0 Å². The van der Waals surface area contributed by atoms with Gasteiger partial charge in [0, 0.05) is 49.3 Å². The van der Waals surface area contributed by atoms with Gasteiger partial charge in [-0.25, -0.2) is 23.4 Å². The third-order valence-corrected chi connectivity index (χ3v) is 14.3. The van der Waals surface area contributed by atoms with Crippen LogP contribution in [0.5, 0.6) is 0 Å². The van der Waals surface area contributed by atoms with Crippen molar-refractivity contribution in [3.05, 3.63) is 44.9 Å². The maximum atomic E-state index is 13.1. The number of phosphoric acid groups is 1. The van der Waals surface area contributed by atoms with Gasteiger partial charge in [-0.2, -0.15) is 11.8 Å². The van der Waals surface area contributed by atoms with Crippen LogP contribution in [-0.2, 0) is 46.4 Å². The van der Waals surface area contributed by atoms with Gasteiger partial charge in [0.1, 0.15) is 42.8 Å². The molecule has 332 valence electrons. The van der Waals surface area contributed by atoms with Gasteiger partial charge in [-0.15, -0.1) is 0 Å². The number of rotatable bonds is 22. The SMILES string of the molecule is CP(=O)(OCC1OC(n2ccc(=O)[nH]c2=O)C(O)C1O)OP(=O)(O)OC1OC(COO)C=C(O)C1NC(=O)CCCCCNC(=O)CCCCC1SCC2NC(=O)NC21. The highest BCUT2D eigenvalue weighted by molar-refractivity contribution is 8.00. The fourth-order valence-corrected chi connectivity index (χ4v) is 11.1. The van der Waals surface area contributed by atoms with Crippen molar-refractivity contribution < 1.29 is 76.7 Å². The second-order valence-electron chi connectivity index (χ2n) is 14.3. The number of amides is 4. The quantitative estimate of drug-likeness (QED) is 0.0234. The Morgan fingerprint density at radius 1 is 1.02 bits per heavy atom. The number of aromatic nitrogens is 2. The molecule has 12 unspecified atom stereocenters. The summed E-state index contributed by atoms with van der Waals surface area (Å²) in [6, 6.07) is -0.458. The lowest BCUT2D eigenvalue weighted by atomic mass is 10.0. The molecule has 0 bridgehead atoms. The molecule has 3 fully saturated rings. The Balaban J connectivity index is 1.03. The predicted octanol–water partition coefficient (Wildman–Crippen LogP) is -0.327. The smallest absolute Gasteiger partial charge is 0.481 e. The molecule has 0 saturated carbocycles. The highest BCUT2D eigenvalue weighted by Gasteiger charge is 2.47. The number of aliphatic hydroxyl groups excluding tert-OH is 3. The molecule has 0 radical (unpaired) electrons. The van der Waals surface area contributed by atoms with E-state index in [1.807, 2.05) is 16.7 Å². The van der Waals surface area contributed by atoms with Crippen molar-refractivity contribution in [3.8, 4) is 0 Å². The summed E-state index contributed by atoms with van der Waals surface area (Å²) >= 11 is 1.83. The summed E-state index contributed by atoms with van der Waals surface area (Å²) in [5.41, 5.74) is -1.68. The number of carbonyl (C=O) groups is 3. The zero-order chi connectivity index (χ0) is 42.9. The van der Waals surface area contributed by atoms with Crippen molar-refractivity contribution in [3.63, 3.8) is 0 Å². The van der Waals surface area contributed by atoms with E-state index in [0.717, 1.165) is 54.6 Å². The first-order chi connectivity index (χ1) is 27.9. The number of aliphatic hydroxyl groups is 3. The van der Waals surface area contributed by atoms with Crippen molar-refractivity contribution in [1.82, 2.24) is 30.8 Å². The van der Waals surface area contributed by atoms with E-state index in [4.69, 9.17) is 28.1 Å². The lowest BCUT2D eigenvalue weighted by Gasteiger charge is -2.34. The molecule has 3 saturated heterocycles. The van der Waals surface area contributed by atoms with Crippen LogP contribution >= 0.6 is 27.2 Å². The molecular weight excluding hydrogens is 850 g/mol. The van der Waals surface area contributed by atoms with E-state index in [1.165, 1.54) is 0 Å². The minimum Gasteiger partial charge on any atom is -0.510 e. The molecule has 5 rings (SSSR count). The zero-order valence-electron chi connectivity index (χ0n) is 31.8. The lowest BCUT2D eigenvalue weighted by molar-refractivity contribution is -0.268. The number of fused-ring (bicyclic) bond motifs is 1. The Bertz CT molecular complexity index is 1890. The van der Waals surface area contributed by atoms with Crippen LogP contribution in [-0.4, -0.2) is 139 Å². The van der Waals surface area contributed by atoms with Crippen LogP contribution < -0.4 is 32.5 Å². The fourth-order valence-electron chi connectivity index (χ4n) is 6.83. The number of unbranched alkanes of at least 4 members (excludes halogenated alkanes) is 3. The number of aromatic amines is 1. The molecule has 24 nitrogen and oxygen atoms in total. The van der Waals surface area contributed by atoms with Gasteiger partial charge >= 0.3 is 27.1 Å². The fraction of sp³-hybridized carbons (Fsp3) is 0.719. The number of thioether (sulfide) groups is 1. The second-order valence-corrected chi connectivity index (χ2v) is 19.2. The standard InChI is InChI=1S/C32H50N6O18P2S/c1-57(48,52-15-20-27(43)28(44)29(54-20)38-12-10-24(42)36-32(38)46)56-58(49,50)55-30-26(19(39)13-17(53-30)14-51-47)35-23(41)9-3-2-6-11-33-22(40)8-5-4-7-21-25-18(16-59-21)34-31(45)37-25/h10,12-13,17-18,20-21,25-30,39,43-44,47H,2-9,11,14-16H2,1H3,(H,33,40)(H,35,41)(H,49,50)(H2,34,37,45)(H,36,42,46). The minimum atomic E-state index is -5.45. The van der Waals surface area contributed by atoms with Crippen molar-refractivity contribution in [2.24, 2.45) is 0 Å². The molecule has 4 aliphatic heterocycles. The number of ether oxygens (including phenoxy) is 2. The van der Waals surface area contributed by atoms with Gasteiger partial charge in [-0.3, -0.25) is 38.3 Å². The number of hydrogen-bond acceptors (Lipinski definition) is 18. The molecule has 12 atom stereocenters. The number of hydrogen-bond donors (Lipinski definition) is 10. The van der Waals surface area contributed by atoms with Crippen molar-refractivity contribution in [2.75, 3.05) is 32.2 Å². The average Bonchev–Trinajstić information content (AvgIpc) is 3.80. The summed E-state index contributed by atoms with van der Waals surface area (Å²) in [6.07, 6.45) is -3.22. The molecule has 4 amide bonds. The van der Waals surface area contributed by atoms with Crippen LogP contribution in [0.3, 0.4) is 0 Å². The lowest BCUT2D eigenvalue weighted by Crippen LogP contribution is -2.51. The molecule has 59 heavy (non-hydrogen) atoms. The zero-order valence-corrected chi connectivity index (χ0v) is 34.4. The topological polar surface area (TPSA) is 345 Å². The molecule has 27 heteroatoms. The van der Waals surface area contributed by atoms with Crippen LogP contribution in [0.2, 0.25) is 0 Å². The van der Waals surface area contributed by atoms with E-state index in [-0.39, 0.29) is 30.4 Å². The largest absolute Gasteiger partial charge is 0.510 e. The highest BCUT2D eigenvalue weighted by Crippen LogP contribution is 2.61. The van der Waals surface area contributed by atoms with E-state index in [2.05, 4.69) is 26.2 Å². The van der Waals surface area contributed by atoms with E-state index >= 15 is 0 Å². The number of H-pyrrole nitrogens is 1. The Kier molecular flexibility index (Phi) is 16.8. The van der Waals surface area contributed by atoms with E-state index in [0.29, 0.717) is 37.5 Å². The van der Waals surface area contributed by atoms with Gasteiger partial charge in [0.25, 0.3) is 5.56 Å². The second kappa shape index (κ2) is 21.1. The molecule has 5 heterocycles. The Hall–Kier alpha value is -3.16. The number of nitrogens with one attached hydrogen (secondary N) is 5. The molecule has 4 aliphatic rings. The summed E-state index contributed by atoms with van der Waals surface area (Å²) < 4.78 is 52.8. The molecular formula is C32H50N6O18P2S. The first-order valence-electron chi connectivity index (χ1n) is 18.8. The van der Waals surface area contributed by atoms with Crippen molar-refractivity contribution in [1.29, 1.82) is 0 Å². The van der Waals surface area contributed by atoms with Crippen LogP contribution in [0.4, 0.5) is 4.79 Å². The summed E-state index contributed by atoms with van der Waals surface area (Å²) in [5.74, 6) is -0.417. The summed E-state index contributed by atoms with van der Waals surface area (Å²) in [7, 11) is -10.0. The van der Waals surface area contributed by atoms with E-state index < -0.39 is 94.5 Å². The highest BCUT2D eigenvalue weighted by atomic mass is 32.2. The maximum Gasteiger partial charge on any atom is 0.481 e. The molecule has 1 aromatic heterocycles. The van der Waals surface area contributed by atoms with E-state index in [9.17, 15) is 53.3 Å². The van der Waals surface area contributed by atoms with Crippen LogP contribution in [0.15, 0.2) is 33.7 Å². The van der Waals surface area contributed by atoms with Gasteiger partial charge < -0.3 is 55.5 Å². The Labute approximate surface area is 340 Å². The molecule has 0 aromatic carbocycles. The third-order valence-electron chi connectivity index (χ3n) is 9.72. The van der Waals surface area contributed by atoms with E-state index in [1.54, 1.807) is 0 Å². The summed E-state index contributed by atoms with van der Waals surface area (Å²) in [6.45, 7) is -0.201. The number of nitrogens with zero attached hydrogens (tertiary/aromatic N) is 1. The Morgan fingerprint density at radius 3 is 2.51 bits per heavy atom. The Morgan fingerprint density at radius 2 is 1.76 bits per heavy atom. The molecule has 10 N–H and O–H groups in total. The van der Waals surface area contributed by atoms with Gasteiger partial charge in [-0.05, 0) is 31.8 Å². The van der Waals surface area contributed by atoms with Gasteiger partial charge in [0.15, 0.2) is 12.5 Å². The maximum absolute atomic E-state index is 13.1.